The van der Waals surface area contributed by atoms with E-state index in [1.807, 2.05) is 17.0 Å². The van der Waals surface area contributed by atoms with Gasteiger partial charge in [-0.05, 0) is 37.1 Å². The number of nitrogens with zero attached hydrogens (tertiary/aromatic N) is 2. The number of carbonyl (C=O) groups is 1. The van der Waals surface area contributed by atoms with Gasteiger partial charge in [-0.3, -0.25) is 4.79 Å². The average Bonchev–Trinajstić information content (AvgIpc) is 3.02. The van der Waals surface area contributed by atoms with E-state index in [4.69, 9.17) is 0 Å². The quantitative estimate of drug-likeness (QED) is 0.870. The summed E-state index contributed by atoms with van der Waals surface area (Å²) in [5.41, 5.74) is 2.04. The van der Waals surface area contributed by atoms with Crippen LogP contribution >= 0.6 is 0 Å². The average molecular weight is 259 g/mol. The van der Waals surface area contributed by atoms with Gasteiger partial charge in [-0.15, -0.1) is 0 Å². The Hall–Kier alpha value is -1.55. The maximum absolute atomic E-state index is 12.2. The predicted molar refractivity (Wildman–Crippen MR) is 76.7 cm³/mol. The highest BCUT2D eigenvalue weighted by Gasteiger charge is 2.19. The first-order valence-electron chi connectivity index (χ1n) is 7.19. The number of hydrogen-bond acceptors (Lipinski definition) is 3. The third kappa shape index (κ3) is 2.73. The lowest BCUT2D eigenvalue weighted by atomic mass is 10.1. The normalized spacial score (nSPS) is 19.8. The topological polar surface area (TPSA) is 35.6 Å². The fraction of sp³-hybridized carbons (Fsp3) is 0.533. The molecule has 2 heterocycles. The van der Waals surface area contributed by atoms with Gasteiger partial charge in [0, 0.05) is 50.5 Å². The van der Waals surface area contributed by atoms with Crippen LogP contribution in [0, 0.1) is 0 Å². The van der Waals surface area contributed by atoms with Crippen LogP contribution in [0.1, 0.15) is 23.2 Å². The SMILES string of the molecule is O=C(c1ccc(N2CCNCC2)cc1)N1CCCC1. The zero-order valence-corrected chi connectivity index (χ0v) is 11.3. The van der Waals surface area contributed by atoms with Gasteiger partial charge in [0.05, 0.1) is 0 Å². The molecule has 102 valence electrons. The summed E-state index contributed by atoms with van der Waals surface area (Å²) in [5, 5.41) is 3.35. The second kappa shape index (κ2) is 5.61. The van der Waals surface area contributed by atoms with Gasteiger partial charge in [0.25, 0.3) is 5.91 Å². The number of likely N-dealkylation sites (tertiary alicyclic amines) is 1. The van der Waals surface area contributed by atoms with E-state index in [1.54, 1.807) is 0 Å². The molecule has 0 bridgehead atoms. The summed E-state index contributed by atoms with van der Waals surface area (Å²) < 4.78 is 0. The first-order chi connectivity index (χ1) is 9.34. The van der Waals surface area contributed by atoms with Crippen molar-refractivity contribution in [3.8, 4) is 0 Å². The molecule has 4 nitrogen and oxygen atoms in total. The van der Waals surface area contributed by atoms with Crippen molar-refractivity contribution in [2.75, 3.05) is 44.2 Å². The Morgan fingerprint density at radius 1 is 0.947 bits per heavy atom. The molecule has 1 amide bonds. The third-order valence-corrected chi connectivity index (χ3v) is 3.99. The minimum absolute atomic E-state index is 0.185. The lowest BCUT2D eigenvalue weighted by Gasteiger charge is -2.29. The van der Waals surface area contributed by atoms with Crippen LogP contribution in [0.5, 0.6) is 0 Å². The van der Waals surface area contributed by atoms with E-state index in [9.17, 15) is 4.79 Å². The number of piperazine rings is 1. The molecule has 0 atom stereocenters. The fourth-order valence-corrected chi connectivity index (χ4v) is 2.84. The highest BCUT2D eigenvalue weighted by molar-refractivity contribution is 5.94. The number of carbonyl (C=O) groups excluding carboxylic acids is 1. The molecule has 3 rings (SSSR count). The van der Waals surface area contributed by atoms with Gasteiger partial charge in [-0.1, -0.05) is 0 Å². The first-order valence-corrected chi connectivity index (χ1v) is 7.19. The molecule has 0 saturated carbocycles. The van der Waals surface area contributed by atoms with Crippen LogP contribution in [-0.2, 0) is 0 Å². The minimum Gasteiger partial charge on any atom is -0.369 e. The van der Waals surface area contributed by atoms with Crippen LogP contribution in [0.3, 0.4) is 0 Å². The Labute approximate surface area is 114 Å². The zero-order chi connectivity index (χ0) is 13.1. The molecule has 0 unspecified atom stereocenters. The Bertz CT molecular complexity index is 431. The van der Waals surface area contributed by atoms with Crippen molar-refractivity contribution >= 4 is 11.6 Å². The van der Waals surface area contributed by atoms with E-state index in [0.717, 1.165) is 57.7 Å². The second-order valence-corrected chi connectivity index (χ2v) is 5.28. The summed E-state index contributed by atoms with van der Waals surface area (Å²) >= 11 is 0. The lowest BCUT2D eigenvalue weighted by Crippen LogP contribution is -2.43. The van der Waals surface area contributed by atoms with Crippen LogP contribution in [0.25, 0.3) is 0 Å². The molecule has 2 saturated heterocycles. The molecule has 1 N–H and O–H groups in total. The molecule has 0 aromatic heterocycles. The molecular formula is C15H21N3O. The molecule has 2 fully saturated rings. The van der Waals surface area contributed by atoms with E-state index < -0.39 is 0 Å². The maximum atomic E-state index is 12.2. The minimum atomic E-state index is 0.185. The molecule has 19 heavy (non-hydrogen) atoms. The molecule has 2 aliphatic heterocycles. The number of amides is 1. The molecule has 0 aliphatic carbocycles. The van der Waals surface area contributed by atoms with Crippen LogP contribution < -0.4 is 10.2 Å². The third-order valence-electron chi connectivity index (χ3n) is 3.99. The van der Waals surface area contributed by atoms with Gasteiger partial charge in [0.2, 0.25) is 0 Å². The van der Waals surface area contributed by atoms with Gasteiger partial charge in [0.1, 0.15) is 0 Å². The smallest absolute Gasteiger partial charge is 0.253 e. The highest BCUT2D eigenvalue weighted by atomic mass is 16.2. The Kier molecular flexibility index (Phi) is 3.69. The molecule has 4 heteroatoms. The summed E-state index contributed by atoms with van der Waals surface area (Å²) in [7, 11) is 0. The van der Waals surface area contributed by atoms with E-state index in [2.05, 4.69) is 22.3 Å². The van der Waals surface area contributed by atoms with Crippen molar-refractivity contribution in [1.82, 2.24) is 10.2 Å². The standard InChI is InChI=1S/C15H21N3O/c19-15(18-9-1-2-10-18)13-3-5-14(6-4-13)17-11-7-16-8-12-17/h3-6,16H,1-2,7-12H2. The van der Waals surface area contributed by atoms with Crippen molar-refractivity contribution in [2.45, 2.75) is 12.8 Å². The predicted octanol–water partition coefficient (Wildman–Crippen LogP) is 1.33. The Morgan fingerprint density at radius 3 is 2.21 bits per heavy atom. The van der Waals surface area contributed by atoms with E-state index >= 15 is 0 Å². The molecule has 1 aromatic rings. The molecular weight excluding hydrogens is 238 g/mol. The van der Waals surface area contributed by atoms with Crippen molar-refractivity contribution in [1.29, 1.82) is 0 Å². The molecule has 0 spiro atoms. The second-order valence-electron chi connectivity index (χ2n) is 5.28. The summed E-state index contributed by atoms with van der Waals surface area (Å²) in [6.45, 7) is 5.98. The van der Waals surface area contributed by atoms with E-state index in [1.165, 1.54) is 5.69 Å². The van der Waals surface area contributed by atoms with Crippen molar-refractivity contribution in [2.24, 2.45) is 0 Å². The molecule has 1 aromatic carbocycles. The summed E-state index contributed by atoms with van der Waals surface area (Å²) in [6.07, 6.45) is 2.29. The number of benzene rings is 1. The number of rotatable bonds is 2. The van der Waals surface area contributed by atoms with Gasteiger partial charge in [-0.2, -0.15) is 0 Å². The van der Waals surface area contributed by atoms with Crippen LogP contribution in [0.2, 0.25) is 0 Å². The zero-order valence-electron chi connectivity index (χ0n) is 11.3. The number of anilines is 1. The summed E-state index contributed by atoms with van der Waals surface area (Å²) in [5.74, 6) is 0.185. The van der Waals surface area contributed by atoms with E-state index in [-0.39, 0.29) is 5.91 Å². The Balaban J connectivity index is 1.69. The molecule has 2 aliphatic rings. The van der Waals surface area contributed by atoms with Crippen LogP contribution in [0.4, 0.5) is 5.69 Å². The number of nitrogens with one attached hydrogen (secondary N) is 1. The first kappa shape index (κ1) is 12.5. The fourth-order valence-electron chi connectivity index (χ4n) is 2.84. The van der Waals surface area contributed by atoms with Crippen molar-refractivity contribution < 1.29 is 4.79 Å². The van der Waals surface area contributed by atoms with E-state index in [0.29, 0.717) is 0 Å². The lowest BCUT2D eigenvalue weighted by molar-refractivity contribution is 0.0793. The maximum Gasteiger partial charge on any atom is 0.253 e. The van der Waals surface area contributed by atoms with Crippen molar-refractivity contribution in [3.05, 3.63) is 29.8 Å². The highest BCUT2D eigenvalue weighted by Crippen LogP contribution is 2.18. The van der Waals surface area contributed by atoms with Gasteiger partial charge in [-0.25, -0.2) is 0 Å². The van der Waals surface area contributed by atoms with Gasteiger partial charge >= 0.3 is 0 Å². The van der Waals surface area contributed by atoms with Crippen LogP contribution in [-0.4, -0.2) is 50.1 Å². The largest absolute Gasteiger partial charge is 0.369 e. The Morgan fingerprint density at radius 2 is 1.58 bits per heavy atom. The molecule has 0 radical (unpaired) electrons. The summed E-state index contributed by atoms with van der Waals surface area (Å²) in [4.78, 5) is 16.6. The van der Waals surface area contributed by atoms with Gasteiger partial charge in [0.15, 0.2) is 0 Å². The number of hydrogen-bond donors (Lipinski definition) is 1. The summed E-state index contributed by atoms with van der Waals surface area (Å²) in [6, 6.07) is 8.10. The monoisotopic (exact) mass is 259 g/mol. The van der Waals surface area contributed by atoms with Gasteiger partial charge < -0.3 is 15.1 Å². The van der Waals surface area contributed by atoms with Crippen molar-refractivity contribution in [3.63, 3.8) is 0 Å². The van der Waals surface area contributed by atoms with Crippen LogP contribution in [0.15, 0.2) is 24.3 Å².